The van der Waals surface area contributed by atoms with Gasteiger partial charge < -0.3 is 9.80 Å². The summed E-state index contributed by atoms with van der Waals surface area (Å²) in [6, 6.07) is 10.3. The van der Waals surface area contributed by atoms with E-state index in [1.807, 2.05) is 0 Å². The molecule has 1 aliphatic heterocycles. The smallest absolute Gasteiger partial charge is 0.367 e. The van der Waals surface area contributed by atoms with Gasteiger partial charge in [-0.05, 0) is 30.3 Å². The van der Waals surface area contributed by atoms with Gasteiger partial charge in [0.05, 0.1) is 22.1 Å². The Morgan fingerprint density at radius 3 is 2.21 bits per heavy atom. The summed E-state index contributed by atoms with van der Waals surface area (Å²) >= 11 is 0. The largest absolute Gasteiger partial charge is 0.418 e. The first-order valence-corrected chi connectivity index (χ1v) is 8.60. The Kier molecular flexibility index (Phi) is 5.41. The number of amides is 1. The molecule has 7 nitrogen and oxygen atoms in total. The molecule has 1 fully saturated rings. The summed E-state index contributed by atoms with van der Waals surface area (Å²) in [4.78, 5) is 25.7. The van der Waals surface area contributed by atoms with Crippen molar-refractivity contribution >= 4 is 17.3 Å². The van der Waals surface area contributed by atoms with E-state index in [9.17, 15) is 28.1 Å². The van der Waals surface area contributed by atoms with E-state index in [1.54, 1.807) is 6.07 Å². The van der Waals surface area contributed by atoms with Gasteiger partial charge in [-0.15, -0.1) is 0 Å². The van der Waals surface area contributed by atoms with E-state index in [2.05, 4.69) is 0 Å². The molecule has 0 aromatic heterocycles. The number of alkyl halides is 3. The Hall–Kier alpha value is -3.61. The topological polar surface area (TPSA) is 90.5 Å². The summed E-state index contributed by atoms with van der Waals surface area (Å²) in [5.41, 5.74) is -0.844. The zero-order valence-electron chi connectivity index (χ0n) is 15.0. The van der Waals surface area contributed by atoms with Crippen LogP contribution < -0.4 is 4.90 Å². The normalized spacial score (nSPS) is 14.4. The maximum Gasteiger partial charge on any atom is 0.418 e. The zero-order chi connectivity index (χ0) is 21.2. The van der Waals surface area contributed by atoms with Crippen LogP contribution in [0.4, 0.5) is 24.5 Å². The molecule has 150 valence electrons. The molecular weight excluding hydrogens is 389 g/mol. The highest BCUT2D eigenvalue weighted by atomic mass is 19.4. The second-order valence-corrected chi connectivity index (χ2v) is 6.42. The summed E-state index contributed by atoms with van der Waals surface area (Å²) in [5.74, 6) is -0.338. The third-order valence-electron chi connectivity index (χ3n) is 4.66. The molecule has 0 aliphatic carbocycles. The summed E-state index contributed by atoms with van der Waals surface area (Å²) in [5, 5.41) is 19.6. The first-order chi connectivity index (χ1) is 13.7. The maximum absolute atomic E-state index is 13.4. The number of piperazine rings is 1. The number of halogens is 3. The number of hydrogen-bond donors (Lipinski definition) is 0. The maximum atomic E-state index is 13.4. The van der Waals surface area contributed by atoms with E-state index in [1.165, 1.54) is 46.2 Å². The molecule has 1 heterocycles. The minimum atomic E-state index is -4.60. The monoisotopic (exact) mass is 404 g/mol. The Labute approximate surface area is 163 Å². The van der Waals surface area contributed by atoms with E-state index in [0.717, 1.165) is 6.07 Å². The van der Waals surface area contributed by atoms with Crippen LogP contribution in [-0.4, -0.2) is 41.9 Å². The van der Waals surface area contributed by atoms with Gasteiger partial charge in [0.2, 0.25) is 0 Å². The van der Waals surface area contributed by atoms with E-state index in [4.69, 9.17) is 5.26 Å². The molecule has 1 aliphatic rings. The van der Waals surface area contributed by atoms with E-state index < -0.39 is 16.7 Å². The lowest BCUT2D eigenvalue weighted by molar-refractivity contribution is -0.384. The van der Waals surface area contributed by atoms with Crippen molar-refractivity contribution < 1.29 is 22.9 Å². The van der Waals surface area contributed by atoms with Gasteiger partial charge in [-0.3, -0.25) is 14.9 Å². The number of benzene rings is 2. The van der Waals surface area contributed by atoms with E-state index in [0.29, 0.717) is 0 Å². The predicted octanol–water partition coefficient (Wildman–Crippen LogP) is 3.45. The highest BCUT2D eigenvalue weighted by Gasteiger charge is 2.36. The van der Waals surface area contributed by atoms with Crippen LogP contribution >= 0.6 is 0 Å². The Balaban J connectivity index is 1.73. The molecule has 0 saturated carbocycles. The Bertz CT molecular complexity index is 976. The van der Waals surface area contributed by atoms with Gasteiger partial charge in [-0.2, -0.15) is 18.4 Å². The second kappa shape index (κ2) is 7.79. The van der Waals surface area contributed by atoms with Gasteiger partial charge in [-0.1, -0.05) is 0 Å². The fraction of sp³-hybridized carbons (Fsp3) is 0.263. The molecule has 1 saturated heterocycles. The standard InChI is InChI=1S/C19H15F3N4O3/c20-19(21,22)16-11-13(12-23)1-6-17(16)24-7-9-25(10-8-24)18(27)14-2-4-15(5-3-14)26(28)29/h1-6,11H,7-10H2. The molecule has 2 aromatic carbocycles. The quantitative estimate of drug-likeness (QED) is 0.577. The summed E-state index contributed by atoms with van der Waals surface area (Å²) in [6.45, 7) is 0.779. The van der Waals surface area contributed by atoms with Crippen molar-refractivity contribution in [2.24, 2.45) is 0 Å². The van der Waals surface area contributed by atoms with Gasteiger partial charge in [0.1, 0.15) is 0 Å². The molecule has 29 heavy (non-hydrogen) atoms. The molecule has 0 spiro atoms. The number of carbonyl (C=O) groups excluding carboxylic acids is 1. The Morgan fingerprint density at radius 2 is 1.69 bits per heavy atom. The van der Waals surface area contributed by atoms with Crippen LogP contribution in [0.15, 0.2) is 42.5 Å². The number of nitro groups is 1. The lowest BCUT2D eigenvalue weighted by Crippen LogP contribution is -2.49. The highest BCUT2D eigenvalue weighted by molar-refractivity contribution is 5.94. The first kappa shape index (κ1) is 20.1. The number of rotatable bonds is 3. The van der Waals surface area contributed by atoms with Crippen molar-refractivity contribution in [1.82, 2.24) is 4.90 Å². The molecule has 0 N–H and O–H groups in total. The van der Waals surface area contributed by atoms with Crippen LogP contribution in [0, 0.1) is 21.4 Å². The summed E-state index contributed by atoms with van der Waals surface area (Å²) in [6.07, 6.45) is -4.60. The molecule has 0 unspecified atom stereocenters. The minimum Gasteiger partial charge on any atom is -0.367 e. The predicted molar refractivity (Wildman–Crippen MR) is 97.4 cm³/mol. The number of nitriles is 1. The number of nitrogens with zero attached hydrogens (tertiary/aromatic N) is 4. The van der Waals surface area contributed by atoms with Crippen LogP contribution in [0.25, 0.3) is 0 Å². The van der Waals surface area contributed by atoms with Crippen molar-refractivity contribution in [3.8, 4) is 6.07 Å². The molecule has 3 rings (SSSR count). The van der Waals surface area contributed by atoms with Crippen molar-refractivity contribution in [2.45, 2.75) is 6.18 Å². The van der Waals surface area contributed by atoms with Gasteiger partial charge in [0.25, 0.3) is 11.6 Å². The number of nitro benzene ring substituents is 1. The van der Waals surface area contributed by atoms with Crippen molar-refractivity contribution in [2.75, 3.05) is 31.1 Å². The van der Waals surface area contributed by atoms with Gasteiger partial charge in [0, 0.05) is 49.6 Å². The molecular formula is C19H15F3N4O3. The number of hydrogen-bond acceptors (Lipinski definition) is 5. The minimum absolute atomic E-state index is 0.0288. The van der Waals surface area contributed by atoms with Gasteiger partial charge >= 0.3 is 6.18 Å². The fourth-order valence-corrected chi connectivity index (χ4v) is 3.17. The summed E-state index contributed by atoms with van der Waals surface area (Å²) in [7, 11) is 0. The van der Waals surface area contributed by atoms with Crippen LogP contribution in [0.1, 0.15) is 21.5 Å². The Morgan fingerprint density at radius 1 is 1.07 bits per heavy atom. The SMILES string of the molecule is N#Cc1ccc(N2CCN(C(=O)c3ccc([N+](=O)[O-])cc3)CC2)c(C(F)(F)F)c1. The lowest BCUT2D eigenvalue weighted by Gasteiger charge is -2.37. The fourth-order valence-electron chi connectivity index (χ4n) is 3.17. The lowest BCUT2D eigenvalue weighted by atomic mass is 10.1. The van der Waals surface area contributed by atoms with Gasteiger partial charge in [0.15, 0.2) is 0 Å². The third kappa shape index (κ3) is 4.29. The van der Waals surface area contributed by atoms with Crippen molar-refractivity contribution in [1.29, 1.82) is 5.26 Å². The van der Waals surface area contributed by atoms with Crippen molar-refractivity contribution in [3.05, 3.63) is 69.3 Å². The number of anilines is 1. The molecule has 10 heteroatoms. The van der Waals surface area contributed by atoms with Crippen LogP contribution in [0.2, 0.25) is 0 Å². The molecule has 0 bridgehead atoms. The van der Waals surface area contributed by atoms with Crippen molar-refractivity contribution in [3.63, 3.8) is 0 Å². The average molecular weight is 404 g/mol. The van der Waals surface area contributed by atoms with Gasteiger partial charge in [-0.25, -0.2) is 0 Å². The second-order valence-electron chi connectivity index (χ2n) is 6.42. The number of non-ortho nitro benzene ring substituents is 1. The molecule has 1 amide bonds. The highest BCUT2D eigenvalue weighted by Crippen LogP contribution is 2.37. The van der Waals surface area contributed by atoms with E-state index >= 15 is 0 Å². The molecule has 0 atom stereocenters. The van der Waals surface area contributed by atoms with Crippen LogP contribution in [-0.2, 0) is 6.18 Å². The molecule has 0 radical (unpaired) electrons. The number of carbonyl (C=O) groups is 1. The third-order valence-corrected chi connectivity index (χ3v) is 4.66. The summed E-state index contributed by atoms with van der Waals surface area (Å²) < 4.78 is 40.2. The van der Waals surface area contributed by atoms with E-state index in [-0.39, 0.29) is 54.6 Å². The first-order valence-electron chi connectivity index (χ1n) is 8.60. The zero-order valence-corrected chi connectivity index (χ0v) is 15.0. The average Bonchev–Trinajstić information content (AvgIpc) is 2.72. The van der Waals surface area contributed by atoms with Crippen LogP contribution in [0.3, 0.4) is 0 Å². The van der Waals surface area contributed by atoms with Crippen LogP contribution in [0.5, 0.6) is 0 Å². The molecule has 2 aromatic rings.